The van der Waals surface area contributed by atoms with E-state index in [4.69, 9.17) is 4.74 Å². The van der Waals surface area contributed by atoms with E-state index < -0.39 is 0 Å². The van der Waals surface area contributed by atoms with Crippen LogP contribution < -0.4 is 5.32 Å². The Bertz CT molecular complexity index is 186. The van der Waals surface area contributed by atoms with Crippen LogP contribution in [-0.4, -0.2) is 50.3 Å². The lowest BCUT2D eigenvalue weighted by Crippen LogP contribution is -2.40. The highest BCUT2D eigenvalue weighted by Gasteiger charge is 2.20. The van der Waals surface area contributed by atoms with E-state index in [0.29, 0.717) is 6.10 Å². The zero-order chi connectivity index (χ0) is 10.5. The van der Waals surface area contributed by atoms with Crippen molar-refractivity contribution in [2.24, 2.45) is 5.92 Å². The quantitative estimate of drug-likeness (QED) is 0.802. The number of hydrogen-bond donors (Lipinski definition) is 1. The van der Waals surface area contributed by atoms with Crippen molar-refractivity contribution >= 4 is 12.4 Å². The molecule has 96 valence electrons. The summed E-state index contributed by atoms with van der Waals surface area (Å²) in [5.74, 6) is 0.865. The predicted octanol–water partition coefficient (Wildman–Crippen LogP) is 1.52. The van der Waals surface area contributed by atoms with Crippen LogP contribution in [0.1, 0.15) is 26.2 Å². The monoisotopic (exact) mass is 248 g/mol. The molecule has 2 atom stereocenters. The second-order valence-corrected chi connectivity index (χ2v) is 5.01. The Labute approximate surface area is 105 Å². The van der Waals surface area contributed by atoms with E-state index in [0.717, 1.165) is 19.1 Å². The largest absolute Gasteiger partial charge is 0.377 e. The second-order valence-electron chi connectivity index (χ2n) is 5.01. The first-order valence-corrected chi connectivity index (χ1v) is 6.39. The summed E-state index contributed by atoms with van der Waals surface area (Å²) < 4.78 is 5.66. The molecule has 0 spiro atoms. The molecule has 2 heterocycles. The molecule has 16 heavy (non-hydrogen) atoms. The van der Waals surface area contributed by atoms with Crippen LogP contribution in [-0.2, 0) is 4.74 Å². The number of halogens is 1. The molecule has 0 aromatic carbocycles. The third-order valence-corrected chi connectivity index (χ3v) is 3.45. The van der Waals surface area contributed by atoms with Gasteiger partial charge in [0.05, 0.1) is 6.10 Å². The molecule has 0 aromatic rings. The van der Waals surface area contributed by atoms with Crippen LogP contribution >= 0.6 is 12.4 Å². The van der Waals surface area contributed by atoms with Crippen molar-refractivity contribution in [3.8, 4) is 0 Å². The molecule has 0 saturated carbocycles. The Hall–Kier alpha value is 0.170. The first-order valence-electron chi connectivity index (χ1n) is 6.39. The van der Waals surface area contributed by atoms with E-state index >= 15 is 0 Å². The molecule has 2 rings (SSSR count). The van der Waals surface area contributed by atoms with Crippen molar-refractivity contribution in [3.63, 3.8) is 0 Å². The van der Waals surface area contributed by atoms with Crippen molar-refractivity contribution in [1.29, 1.82) is 0 Å². The van der Waals surface area contributed by atoms with Crippen molar-refractivity contribution in [1.82, 2.24) is 10.2 Å². The molecular formula is C12H25ClN2O. The van der Waals surface area contributed by atoms with Gasteiger partial charge in [-0.2, -0.15) is 0 Å². The number of ether oxygens (including phenoxy) is 1. The Morgan fingerprint density at radius 3 is 3.00 bits per heavy atom. The molecule has 2 aliphatic rings. The fraction of sp³-hybridized carbons (Fsp3) is 1.00. The number of rotatable bonds is 2. The first kappa shape index (κ1) is 14.2. The van der Waals surface area contributed by atoms with E-state index in [1.165, 1.54) is 45.4 Å². The van der Waals surface area contributed by atoms with Gasteiger partial charge in [-0.25, -0.2) is 0 Å². The fourth-order valence-electron chi connectivity index (χ4n) is 2.69. The molecule has 4 heteroatoms. The molecule has 2 aliphatic heterocycles. The summed E-state index contributed by atoms with van der Waals surface area (Å²) >= 11 is 0. The minimum atomic E-state index is 0. The van der Waals surface area contributed by atoms with Gasteiger partial charge in [0.15, 0.2) is 0 Å². The maximum atomic E-state index is 5.66. The third kappa shape index (κ3) is 4.58. The third-order valence-electron chi connectivity index (χ3n) is 3.45. The topological polar surface area (TPSA) is 24.5 Å². The van der Waals surface area contributed by atoms with Crippen LogP contribution in [0.2, 0.25) is 0 Å². The number of nitrogens with zero attached hydrogens (tertiary/aromatic N) is 1. The highest BCUT2D eigenvalue weighted by molar-refractivity contribution is 5.85. The van der Waals surface area contributed by atoms with Gasteiger partial charge in [-0.05, 0) is 45.2 Å². The lowest BCUT2D eigenvalue weighted by molar-refractivity contribution is 0.0648. The van der Waals surface area contributed by atoms with Crippen LogP contribution in [0.15, 0.2) is 0 Å². The molecule has 0 aromatic heterocycles. The lowest BCUT2D eigenvalue weighted by atomic mass is 9.99. The summed E-state index contributed by atoms with van der Waals surface area (Å²) in [6.07, 6.45) is 4.37. The normalized spacial score (nSPS) is 32.8. The summed E-state index contributed by atoms with van der Waals surface area (Å²) in [5.41, 5.74) is 0. The van der Waals surface area contributed by atoms with Crippen LogP contribution in [0.5, 0.6) is 0 Å². The maximum absolute atomic E-state index is 5.66. The minimum absolute atomic E-state index is 0. The van der Waals surface area contributed by atoms with Crippen LogP contribution in [0, 0.1) is 5.92 Å². The minimum Gasteiger partial charge on any atom is -0.377 e. The summed E-state index contributed by atoms with van der Waals surface area (Å²) in [7, 11) is 0. The van der Waals surface area contributed by atoms with Crippen LogP contribution in [0.25, 0.3) is 0 Å². The van der Waals surface area contributed by atoms with Gasteiger partial charge in [0.1, 0.15) is 0 Å². The van der Waals surface area contributed by atoms with Crippen LogP contribution in [0.3, 0.4) is 0 Å². The SMILES string of the molecule is CC1CN(CC2CCCNC2)CCCO1.Cl. The lowest BCUT2D eigenvalue weighted by Gasteiger charge is -2.29. The molecule has 2 fully saturated rings. The summed E-state index contributed by atoms with van der Waals surface area (Å²) in [6, 6.07) is 0. The highest BCUT2D eigenvalue weighted by Crippen LogP contribution is 2.14. The summed E-state index contributed by atoms with van der Waals surface area (Å²) in [5, 5.41) is 3.49. The molecule has 0 aliphatic carbocycles. The van der Waals surface area contributed by atoms with E-state index in [1.54, 1.807) is 0 Å². The van der Waals surface area contributed by atoms with E-state index in [1.807, 2.05) is 0 Å². The van der Waals surface area contributed by atoms with Gasteiger partial charge in [-0.1, -0.05) is 0 Å². The maximum Gasteiger partial charge on any atom is 0.0673 e. The van der Waals surface area contributed by atoms with E-state index in [2.05, 4.69) is 17.1 Å². The highest BCUT2D eigenvalue weighted by atomic mass is 35.5. The predicted molar refractivity (Wildman–Crippen MR) is 69.3 cm³/mol. The molecule has 2 unspecified atom stereocenters. The average molecular weight is 249 g/mol. The Morgan fingerprint density at radius 1 is 1.38 bits per heavy atom. The van der Waals surface area contributed by atoms with Gasteiger partial charge in [0.25, 0.3) is 0 Å². The van der Waals surface area contributed by atoms with Crippen molar-refractivity contribution in [2.45, 2.75) is 32.3 Å². The molecule has 1 N–H and O–H groups in total. The molecular weight excluding hydrogens is 224 g/mol. The number of hydrogen-bond acceptors (Lipinski definition) is 3. The number of nitrogens with one attached hydrogen (secondary N) is 1. The first-order chi connectivity index (χ1) is 7.34. The molecule has 0 amide bonds. The molecule has 2 saturated heterocycles. The van der Waals surface area contributed by atoms with E-state index in [9.17, 15) is 0 Å². The zero-order valence-corrected chi connectivity index (χ0v) is 11.1. The molecule has 0 radical (unpaired) electrons. The van der Waals surface area contributed by atoms with Crippen LogP contribution in [0.4, 0.5) is 0 Å². The van der Waals surface area contributed by atoms with Gasteiger partial charge in [0, 0.05) is 26.2 Å². The Balaban J connectivity index is 0.00000128. The molecule has 0 bridgehead atoms. The Morgan fingerprint density at radius 2 is 2.25 bits per heavy atom. The van der Waals surface area contributed by atoms with Gasteiger partial charge in [0.2, 0.25) is 0 Å². The van der Waals surface area contributed by atoms with Gasteiger partial charge < -0.3 is 15.0 Å². The van der Waals surface area contributed by atoms with E-state index in [-0.39, 0.29) is 12.4 Å². The second kappa shape index (κ2) is 7.49. The van der Waals surface area contributed by atoms with Crippen molar-refractivity contribution in [2.75, 3.05) is 39.3 Å². The van der Waals surface area contributed by atoms with Crippen molar-refractivity contribution in [3.05, 3.63) is 0 Å². The summed E-state index contributed by atoms with van der Waals surface area (Å²) in [4.78, 5) is 2.59. The summed E-state index contributed by atoms with van der Waals surface area (Å²) in [6.45, 7) is 9.18. The standard InChI is InChI=1S/C12H24N2O.ClH/c1-11-9-14(6-3-7-15-11)10-12-4-2-5-13-8-12;/h11-13H,2-10H2,1H3;1H. The van der Waals surface area contributed by atoms with Gasteiger partial charge in [-0.3, -0.25) is 0 Å². The number of piperidine rings is 1. The van der Waals surface area contributed by atoms with Crippen molar-refractivity contribution < 1.29 is 4.74 Å². The Kier molecular flexibility index (Phi) is 6.66. The zero-order valence-electron chi connectivity index (χ0n) is 10.3. The molecule has 3 nitrogen and oxygen atoms in total. The smallest absolute Gasteiger partial charge is 0.0673 e. The fourth-order valence-corrected chi connectivity index (χ4v) is 2.69. The van der Waals surface area contributed by atoms with Gasteiger partial charge in [-0.15, -0.1) is 12.4 Å². The average Bonchev–Trinajstić information content (AvgIpc) is 2.44. The van der Waals surface area contributed by atoms with Gasteiger partial charge >= 0.3 is 0 Å².